The number of halogens is 1. The van der Waals surface area contributed by atoms with Gasteiger partial charge in [-0.1, -0.05) is 18.2 Å². The molecule has 3 aromatic carbocycles. The fourth-order valence-corrected chi connectivity index (χ4v) is 4.16. The van der Waals surface area contributed by atoms with E-state index in [0.29, 0.717) is 36.0 Å². The molecule has 0 unspecified atom stereocenters. The summed E-state index contributed by atoms with van der Waals surface area (Å²) in [7, 11) is 3.18. The number of benzene rings is 3. The van der Waals surface area contributed by atoms with E-state index in [4.69, 9.17) is 18.9 Å². The van der Waals surface area contributed by atoms with Crippen molar-refractivity contribution in [1.29, 1.82) is 0 Å². The standard InChI is InChI=1S/C27H28FNO5/c1-18(34-22-7-5-4-6-8-22)27(30)29-14-13-19-15-25(31-2)26(32-3)16-23(19)24(29)17-33-21-11-9-20(28)10-12-21/h4-12,15-16,18,24H,13-14,17H2,1-3H3/t18-,24+/m0/s1. The average molecular weight is 466 g/mol. The Morgan fingerprint density at radius 1 is 1.00 bits per heavy atom. The maximum absolute atomic E-state index is 13.5. The van der Waals surface area contributed by atoms with Crippen molar-refractivity contribution in [3.63, 3.8) is 0 Å². The number of rotatable bonds is 8. The van der Waals surface area contributed by atoms with Crippen molar-refractivity contribution in [2.75, 3.05) is 27.4 Å². The zero-order chi connectivity index (χ0) is 24.1. The summed E-state index contributed by atoms with van der Waals surface area (Å²) in [5.74, 6) is 1.89. The Morgan fingerprint density at radius 3 is 2.35 bits per heavy atom. The van der Waals surface area contributed by atoms with Gasteiger partial charge in [-0.15, -0.1) is 0 Å². The quantitative estimate of drug-likeness (QED) is 0.478. The fraction of sp³-hybridized carbons (Fsp3) is 0.296. The second kappa shape index (κ2) is 10.5. The predicted molar refractivity (Wildman–Crippen MR) is 126 cm³/mol. The van der Waals surface area contributed by atoms with Crippen LogP contribution in [-0.2, 0) is 11.2 Å². The number of ether oxygens (including phenoxy) is 4. The van der Waals surface area contributed by atoms with Gasteiger partial charge in [0.05, 0.1) is 20.3 Å². The first-order valence-electron chi connectivity index (χ1n) is 11.2. The van der Waals surface area contributed by atoms with Crippen molar-refractivity contribution in [2.45, 2.75) is 25.5 Å². The summed E-state index contributed by atoms with van der Waals surface area (Å²) < 4.78 is 36.2. The van der Waals surface area contributed by atoms with Crippen molar-refractivity contribution in [1.82, 2.24) is 4.90 Å². The van der Waals surface area contributed by atoms with Gasteiger partial charge in [-0.3, -0.25) is 4.79 Å². The molecule has 0 radical (unpaired) electrons. The van der Waals surface area contributed by atoms with Gasteiger partial charge in [0.25, 0.3) is 5.91 Å². The minimum Gasteiger partial charge on any atom is -0.493 e. The SMILES string of the molecule is COc1cc2c(cc1OC)[C@@H](COc1ccc(F)cc1)N(C(=O)[C@H](C)Oc1ccccc1)CC2. The summed E-state index contributed by atoms with van der Waals surface area (Å²) in [6.07, 6.45) is -0.0237. The Morgan fingerprint density at radius 2 is 1.68 bits per heavy atom. The molecule has 0 saturated heterocycles. The molecule has 1 amide bonds. The Balaban J connectivity index is 1.62. The van der Waals surface area contributed by atoms with Gasteiger partial charge in [-0.2, -0.15) is 0 Å². The van der Waals surface area contributed by atoms with E-state index in [1.165, 1.54) is 12.1 Å². The van der Waals surface area contributed by atoms with Gasteiger partial charge in [0.1, 0.15) is 23.9 Å². The lowest BCUT2D eigenvalue weighted by Gasteiger charge is -2.38. The van der Waals surface area contributed by atoms with Crippen LogP contribution in [-0.4, -0.2) is 44.3 Å². The lowest BCUT2D eigenvalue weighted by atomic mass is 9.91. The van der Waals surface area contributed by atoms with Gasteiger partial charge in [-0.05, 0) is 73.0 Å². The largest absolute Gasteiger partial charge is 0.493 e. The van der Waals surface area contributed by atoms with Crippen LogP contribution in [0.3, 0.4) is 0 Å². The molecule has 1 aliphatic rings. The fourth-order valence-electron chi connectivity index (χ4n) is 4.16. The molecule has 2 atom stereocenters. The molecule has 0 saturated carbocycles. The van der Waals surface area contributed by atoms with E-state index in [0.717, 1.165) is 11.1 Å². The van der Waals surface area contributed by atoms with Gasteiger partial charge < -0.3 is 23.8 Å². The molecule has 7 heteroatoms. The molecular formula is C27H28FNO5. The number of fused-ring (bicyclic) bond motifs is 1. The zero-order valence-electron chi connectivity index (χ0n) is 19.5. The number of hydrogen-bond acceptors (Lipinski definition) is 5. The van der Waals surface area contributed by atoms with Crippen LogP contribution in [0.4, 0.5) is 4.39 Å². The predicted octanol–water partition coefficient (Wildman–Crippen LogP) is 4.82. The van der Waals surface area contributed by atoms with Crippen molar-refractivity contribution >= 4 is 5.91 Å². The molecule has 0 bridgehead atoms. The second-order valence-electron chi connectivity index (χ2n) is 8.04. The number of para-hydroxylation sites is 1. The van der Waals surface area contributed by atoms with Gasteiger partial charge in [0.2, 0.25) is 0 Å². The highest BCUT2D eigenvalue weighted by Gasteiger charge is 2.35. The Kier molecular flexibility index (Phi) is 7.21. The summed E-state index contributed by atoms with van der Waals surface area (Å²) in [5.41, 5.74) is 1.98. The van der Waals surface area contributed by atoms with E-state index in [1.807, 2.05) is 42.5 Å². The van der Waals surface area contributed by atoms with Gasteiger partial charge in [0, 0.05) is 6.54 Å². The molecule has 34 heavy (non-hydrogen) atoms. The molecule has 1 heterocycles. The van der Waals surface area contributed by atoms with Gasteiger partial charge >= 0.3 is 0 Å². The second-order valence-corrected chi connectivity index (χ2v) is 8.04. The first-order valence-corrected chi connectivity index (χ1v) is 11.2. The summed E-state index contributed by atoms with van der Waals surface area (Å²) in [6.45, 7) is 2.44. The van der Waals surface area contributed by atoms with Crippen LogP contribution in [0.25, 0.3) is 0 Å². The van der Waals surface area contributed by atoms with E-state index >= 15 is 0 Å². The van der Waals surface area contributed by atoms with Crippen LogP contribution in [0.2, 0.25) is 0 Å². The molecule has 178 valence electrons. The Bertz CT molecular complexity index is 1120. The van der Waals surface area contributed by atoms with E-state index in [1.54, 1.807) is 38.2 Å². The van der Waals surface area contributed by atoms with E-state index in [-0.39, 0.29) is 24.4 Å². The first-order chi connectivity index (χ1) is 16.5. The molecular weight excluding hydrogens is 437 g/mol. The number of methoxy groups -OCH3 is 2. The number of amides is 1. The zero-order valence-corrected chi connectivity index (χ0v) is 19.5. The highest BCUT2D eigenvalue weighted by molar-refractivity contribution is 5.82. The topological polar surface area (TPSA) is 57.2 Å². The third-order valence-electron chi connectivity index (χ3n) is 5.91. The molecule has 0 N–H and O–H groups in total. The van der Waals surface area contributed by atoms with Crippen LogP contribution >= 0.6 is 0 Å². The smallest absolute Gasteiger partial charge is 0.263 e. The van der Waals surface area contributed by atoms with Crippen molar-refractivity contribution in [3.8, 4) is 23.0 Å². The lowest BCUT2D eigenvalue weighted by molar-refractivity contribution is -0.141. The number of carbonyl (C=O) groups is 1. The maximum Gasteiger partial charge on any atom is 0.263 e. The molecule has 0 aliphatic carbocycles. The normalized spacial score (nSPS) is 15.8. The summed E-state index contributed by atoms with van der Waals surface area (Å²) in [5, 5.41) is 0. The van der Waals surface area contributed by atoms with Crippen molar-refractivity contribution < 1.29 is 28.1 Å². The third kappa shape index (κ3) is 5.09. The minimum absolute atomic E-state index is 0.142. The van der Waals surface area contributed by atoms with Gasteiger partial charge in [0.15, 0.2) is 17.6 Å². The van der Waals surface area contributed by atoms with Crippen LogP contribution < -0.4 is 18.9 Å². The molecule has 3 aromatic rings. The molecule has 1 aliphatic heterocycles. The third-order valence-corrected chi connectivity index (χ3v) is 5.91. The van der Waals surface area contributed by atoms with Crippen LogP contribution in [0.1, 0.15) is 24.1 Å². The lowest BCUT2D eigenvalue weighted by Crippen LogP contribution is -2.47. The molecule has 0 spiro atoms. The van der Waals surface area contributed by atoms with Crippen molar-refractivity contribution in [2.24, 2.45) is 0 Å². The van der Waals surface area contributed by atoms with Crippen LogP contribution in [0.5, 0.6) is 23.0 Å². The van der Waals surface area contributed by atoms with Crippen molar-refractivity contribution in [3.05, 3.63) is 83.7 Å². The first kappa shape index (κ1) is 23.4. The van der Waals surface area contributed by atoms with E-state index < -0.39 is 6.10 Å². The summed E-state index contributed by atoms with van der Waals surface area (Å²) in [4.78, 5) is 15.3. The molecule has 4 rings (SSSR count). The molecule has 0 fully saturated rings. The minimum atomic E-state index is -0.683. The van der Waals surface area contributed by atoms with E-state index in [2.05, 4.69) is 0 Å². The number of nitrogens with zero attached hydrogens (tertiary/aromatic N) is 1. The summed E-state index contributed by atoms with van der Waals surface area (Å²) in [6, 6.07) is 18.6. The molecule has 6 nitrogen and oxygen atoms in total. The number of carbonyl (C=O) groups excluding carboxylic acids is 1. The highest BCUT2D eigenvalue weighted by atomic mass is 19.1. The average Bonchev–Trinajstić information content (AvgIpc) is 2.87. The highest BCUT2D eigenvalue weighted by Crippen LogP contribution is 2.38. The summed E-state index contributed by atoms with van der Waals surface area (Å²) >= 11 is 0. The Hall–Kier alpha value is -3.74. The number of hydrogen-bond donors (Lipinski definition) is 0. The monoisotopic (exact) mass is 465 g/mol. The Labute approximate surface area is 198 Å². The maximum atomic E-state index is 13.5. The van der Waals surface area contributed by atoms with Crippen LogP contribution in [0, 0.1) is 5.82 Å². The van der Waals surface area contributed by atoms with Crippen LogP contribution in [0.15, 0.2) is 66.7 Å². The molecule has 0 aromatic heterocycles. The van der Waals surface area contributed by atoms with E-state index in [9.17, 15) is 9.18 Å². The van der Waals surface area contributed by atoms with Gasteiger partial charge in [-0.25, -0.2) is 4.39 Å².